The molecule has 0 aliphatic carbocycles. The van der Waals surface area contributed by atoms with Crippen molar-refractivity contribution in [2.45, 2.75) is 56.3 Å². The molecule has 0 saturated heterocycles. The van der Waals surface area contributed by atoms with Crippen molar-refractivity contribution in [3.8, 4) is 0 Å². The summed E-state index contributed by atoms with van der Waals surface area (Å²) in [5.74, 6) is -9.40. The molecule has 0 bridgehead atoms. The molecule has 0 spiro atoms. The van der Waals surface area contributed by atoms with Crippen molar-refractivity contribution in [2.75, 3.05) is 0 Å². The molecule has 1 aromatic rings. The molecule has 0 fully saturated rings. The van der Waals surface area contributed by atoms with Crippen LogP contribution < -0.4 is 21.7 Å². The first-order valence-corrected chi connectivity index (χ1v) is 10.9. The Balaban J connectivity index is 2.97. The van der Waals surface area contributed by atoms with Crippen LogP contribution in [0, 0.1) is 0 Å². The second kappa shape index (κ2) is 14.8. The molecular weight excluding hydrogens is 496 g/mol. The summed E-state index contributed by atoms with van der Waals surface area (Å²) in [6.45, 7) is 0. The van der Waals surface area contributed by atoms with Crippen LogP contribution in [-0.4, -0.2) is 86.2 Å². The number of hydrogen-bond acceptors (Lipinski definition) is 8. The molecule has 0 radical (unpaired) electrons. The van der Waals surface area contributed by atoms with Gasteiger partial charge in [0.2, 0.25) is 17.7 Å². The minimum atomic E-state index is -1.87. The van der Waals surface area contributed by atoms with E-state index in [1.807, 2.05) is 10.6 Å². The molecule has 0 aliphatic heterocycles. The minimum absolute atomic E-state index is 0.0606. The molecule has 9 N–H and O–H groups in total. The SMILES string of the molecule is NC(Cc1ccccc1)C(=O)NC(CC(=O)O)C(=O)NC(CC(=O)O)C(=O)NC(CCC(=O)O)C(=O)O. The Morgan fingerprint density at radius 3 is 1.57 bits per heavy atom. The number of nitrogens with one attached hydrogen (secondary N) is 3. The molecular formula is C22H28N4O11. The number of rotatable bonds is 16. The summed E-state index contributed by atoms with van der Waals surface area (Å²) < 4.78 is 0. The number of nitrogens with two attached hydrogens (primary N) is 1. The molecule has 4 atom stereocenters. The molecule has 4 unspecified atom stereocenters. The van der Waals surface area contributed by atoms with Crippen LogP contribution in [0.1, 0.15) is 31.2 Å². The van der Waals surface area contributed by atoms with Crippen molar-refractivity contribution >= 4 is 41.6 Å². The van der Waals surface area contributed by atoms with E-state index in [2.05, 4.69) is 5.32 Å². The fourth-order valence-electron chi connectivity index (χ4n) is 3.08. The van der Waals surface area contributed by atoms with E-state index < -0.39 is 91.4 Å². The normalized spacial score (nSPS) is 13.8. The maximum absolute atomic E-state index is 12.7. The smallest absolute Gasteiger partial charge is 0.326 e. The molecule has 0 aliphatic rings. The van der Waals surface area contributed by atoms with Gasteiger partial charge in [0.15, 0.2) is 0 Å². The maximum Gasteiger partial charge on any atom is 0.326 e. The van der Waals surface area contributed by atoms with Crippen LogP contribution in [0.4, 0.5) is 0 Å². The predicted molar refractivity (Wildman–Crippen MR) is 123 cm³/mol. The van der Waals surface area contributed by atoms with E-state index >= 15 is 0 Å². The van der Waals surface area contributed by atoms with Crippen LogP contribution in [0.2, 0.25) is 0 Å². The van der Waals surface area contributed by atoms with Crippen molar-refractivity contribution in [3.05, 3.63) is 35.9 Å². The summed E-state index contributed by atoms with van der Waals surface area (Å²) in [7, 11) is 0. The number of carboxylic acids is 4. The third-order valence-electron chi connectivity index (χ3n) is 4.92. The maximum atomic E-state index is 12.7. The summed E-state index contributed by atoms with van der Waals surface area (Å²) in [5.41, 5.74) is 6.54. The van der Waals surface area contributed by atoms with Gasteiger partial charge in [0.25, 0.3) is 0 Å². The molecule has 37 heavy (non-hydrogen) atoms. The zero-order chi connectivity index (χ0) is 28.1. The minimum Gasteiger partial charge on any atom is -0.481 e. The Kier molecular flexibility index (Phi) is 12.2. The topological polar surface area (TPSA) is 263 Å². The molecule has 1 aromatic carbocycles. The average Bonchev–Trinajstić information content (AvgIpc) is 2.80. The highest BCUT2D eigenvalue weighted by Crippen LogP contribution is 2.05. The molecule has 1 rings (SSSR count). The van der Waals surface area contributed by atoms with Gasteiger partial charge in [0.05, 0.1) is 18.9 Å². The Morgan fingerprint density at radius 1 is 0.676 bits per heavy atom. The van der Waals surface area contributed by atoms with Crippen LogP contribution in [0.25, 0.3) is 0 Å². The zero-order valence-corrected chi connectivity index (χ0v) is 19.5. The van der Waals surface area contributed by atoms with Gasteiger partial charge in [-0.3, -0.25) is 28.8 Å². The highest BCUT2D eigenvalue weighted by atomic mass is 16.4. The van der Waals surface area contributed by atoms with E-state index in [1.165, 1.54) is 0 Å². The third kappa shape index (κ3) is 11.6. The largest absolute Gasteiger partial charge is 0.481 e. The Bertz CT molecular complexity index is 1020. The Labute approximate surface area is 210 Å². The number of carboxylic acid groups (broad SMARTS) is 4. The molecule has 0 heterocycles. The molecule has 0 saturated carbocycles. The summed E-state index contributed by atoms with van der Waals surface area (Å²) in [6, 6.07) is 2.07. The van der Waals surface area contributed by atoms with Gasteiger partial charge in [-0.25, -0.2) is 4.79 Å². The predicted octanol–water partition coefficient (Wildman–Crippen LogP) is -2.09. The molecule has 202 valence electrons. The summed E-state index contributed by atoms with van der Waals surface area (Å²) in [5, 5.41) is 42.3. The quantitative estimate of drug-likeness (QED) is 0.116. The van der Waals surface area contributed by atoms with Gasteiger partial charge in [0.1, 0.15) is 18.1 Å². The number of carbonyl (C=O) groups is 7. The summed E-state index contributed by atoms with van der Waals surface area (Å²) in [4.78, 5) is 82.2. The van der Waals surface area contributed by atoms with Crippen LogP contribution >= 0.6 is 0 Å². The van der Waals surface area contributed by atoms with Crippen LogP contribution in [-0.2, 0) is 40.0 Å². The van der Waals surface area contributed by atoms with Crippen molar-refractivity contribution in [2.24, 2.45) is 5.73 Å². The van der Waals surface area contributed by atoms with Crippen LogP contribution in [0.15, 0.2) is 30.3 Å². The number of benzene rings is 1. The van der Waals surface area contributed by atoms with E-state index in [0.717, 1.165) is 0 Å². The fraction of sp³-hybridized carbons (Fsp3) is 0.409. The number of carbonyl (C=O) groups excluding carboxylic acids is 3. The highest BCUT2D eigenvalue weighted by Gasteiger charge is 2.32. The van der Waals surface area contributed by atoms with Crippen molar-refractivity contribution in [1.29, 1.82) is 0 Å². The zero-order valence-electron chi connectivity index (χ0n) is 19.5. The number of amides is 3. The lowest BCUT2D eigenvalue weighted by Gasteiger charge is -2.24. The fourth-order valence-corrected chi connectivity index (χ4v) is 3.08. The van der Waals surface area contributed by atoms with E-state index in [-0.39, 0.29) is 6.42 Å². The van der Waals surface area contributed by atoms with Crippen LogP contribution in [0.5, 0.6) is 0 Å². The van der Waals surface area contributed by atoms with Crippen LogP contribution in [0.3, 0.4) is 0 Å². The van der Waals surface area contributed by atoms with E-state index in [0.29, 0.717) is 5.56 Å². The third-order valence-corrected chi connectivity index (χ3v) is 4.92. The number of hydrogen-bond donors (Lipinski definition) is 8. The lowest BCUT2D eigenvalue weighted by molar-refractivity contribution is -0.145. The second-order valence-electron chi connectivity index (χ2n) is 7.95. The van der Waals surface area contributed by atoms with Gasteiger partial charge < -0.3 is 42.1 Å². The van der Waals surface area contributed by atoms with Gasteiger partial charge in [0, 0.05) is 6.42 Å². The van der Waals surface area contributed by atoms with Gasteiger partial charge in [-0.2, -0.15) is 0 Å². The molecule has 3 amide bonds. The standard InChI is InChI=1S/C22H28N4O11/c23-12(8-11-4-2-1-3-5-11)19(33)25-14(9-17(29)30)21(35)26-15(10-18(31)32)20(34)24-13(22(36)37)6-7-16(27)28/h1-5,12-15H,6-10,23H2,(H,24,34)(H,25,33)(H,26,35)(H,27,28)(H,29,30)(H,31,32)(H,36,37). The average molecular weight is 524 g/mol. The van der Waals surface area contributed by atoms with Crippen molar-refractivity contribution < 1.29 is 54.0 Å². The number of aliphatic carboxylic acids is 4. The summed E-state index contributed by atoms with van der Waals surface area (Å²) >= 11 is 0. The van der Waals surface area contributed by atoms with Gasteiger partial charge >= 0.3 is 23.9 Å². The van der Waals surface area contributed by atoms with Crippen molar-refractivity contribution in [3.63, 3.8) is 0 Å². The van der Waals surface area contributed by atoms with Gasteiger partial charge in [-0.1, -0.05) is 30.3 Å². The van der Waals surface area contributed by atoms with E-state index in [4.69, 9.17) is 21.1 Å². The molecule has 0 aromatic heterocycles. The lowest BCUT2D eigenvalue weighted by Crippen LogP contribution is -2.58. The molecule has 15 heteroatoms. The van der Waals surface area contributed by atoms with Crippen molar-refractivity contribution in [1.82, 2.24) is 16.0 Å². The van der Waals surface area contributed by atoms with Gasteiger partial charge in [-0.15, -0.1) is 0 Å². The summed E-state index contributed by atoms with van der Waals surface area (Å²) in [6.07, 6.45) is -3.05. The highest BCUT2D eigenvalue weighted by molar-refractivity contribution is 5.96. The first kappa shape index (κ1) is 30.5. The molecule has 15 nitrogen and oxygen atoms in total. The first-order chi connectivity index (χ1) is 17.3. The van der Waals surface area contributed by atoms with E-state index in [1.54, 1.807) is 30.3 Å². The first-order valence-electron chi connectivity index (χ1n) is 10.9. The Morgan fingerprint density at radius 2 is 1.14 bits per heavy atom. The Hall–Kier alpha value is -4.53. The monoisotopic (exact) mass is 524 g/mol. The van der Waals surface area contributed by atoms with Gasteiger partial charge in [-0.05, 0) is 18.4 Å². The lowest BCUT2D eigenvalue weighted by atomic mass is 10.0. The van der Waals surface area contributed by atoms with E-state index in [9.17, 15) is 38.7 Å². The second-order valence-corrected chi connectivity index (χ2v) is 7.95.